The Balaban J connectivity index is 1.20. The summed E-state index contributed by atoms with van der Waals surface area (Å²) in [5.41, 5.74) is 7.76. The Morgan fingerprint density at radius 3 is 2.65 bits per heavy atom. The molecule has 4 aromatic rings. The predicted octanol–water partition coefficient (Wildman–Crippen LogP) is 5.76. The Morgan fingerprint density at radius 2 is 1.87 bits per heavy atom. The number of aliphatic carboxylic acids is 1. The van der Waals surface area contributed by atoms with Crippen molar-refractivity contribution in [2.75, 3.05) is 18.1 Å². The summed E-state index contributed by atoms with van der Waals surface area (Å²) < 4.78 is 13.1. The number of carboxylic acid groups (broad SMARTS) is 1. The average Bonchev–Trinajstić information content (AvgIpc) is 3.46. The molecule has 1 atom stereocenters. The second-order valence-electron chi connectivity index (χ2n) is 11.6. The monoisotopic (exact) mass is 624 g/mol. The predicted molar refractivity (Wildman–Crippen MR) is 175 cm³/mol. The molecule has 1 unspecified atom stereocenters. The van der Waals surface area contributed by atoms with E-state index in [2.05, 4.69) is 23.3 Å². The maximum absolute atomic E-state index is 13.3. The summed E-state index contributed by atoms with van der Waals surface area (Å²) >= 11 is 0. The number of imidazole rings is 1. The number of alkyl carbamates (subject to hydrolysis) is 1. The number of ether oxygens (including phenoxy) is 2. The smallest absolute Gasteiger partial charge is 0.408 e. The third-order valence-corrected chi connectivity index (χ3v) is 8.43. The number of aryl methyl sites for hydroxylation is 2. The zero-order valence-corrected chi connectivity index (χ0v) is 26.5. The van der Waals surface area contributed by atoms with Crippen LogP contribution in [0.2, 0.25) is 0 Å². The number of fused-ring (bicyclic) bond motifs is 1. The van der Waals surface area contributed by atoms with Crippen molar-refractivity contribution in [3.63, 3.8) is 0 Å². The number of nitrogens with one attached hydrogen (secondary N) is 1. The fourth-order valence-electron chi connectivity index (χ4n) is 5.73. The topological polar surface area (TPSA) is 123 Å². The van der Waals surface area contributed by atoms with Gasteiger partial charge in [-0.3, -0.25) is 4.79 Å². The molecule has 3 aromatic carbocycles. The van der Waals surface area contributed by atoms with Gasteiger partial charge in [0.1, 0.15) is 18.4 Å². The van der Waals surface area contributed by atoms with E-state index in [0.29, 0.717) is 31.7 Å². The Bertz CT molecular complexity index is 1710. The van der Waals surface area contributed by atoms with Gasteiger partial charge in [-0.05, 0) is 84.7 Å². The first-order valence-corrected chi connectivity index (χ1v) is 15.5. The number of nitrogens with zero attached hydrogens (tertiary/aromatic N) is 3. The van der Waals surface area contributed by atoms with Crippen LogP contribution in [0.15, 0.2) is 73.2 Å². The normalized spacial score (nSPS) is 13.1. The Kier molecular flexibility index (Phi) is 10.4. The van der Waals surface area contributed by atoms with Crippen molar-refractivity contribution in [3.05, 3.63) is 101 Å². The molecule has 0 aliphatic carbocycles. The second-order valence-corrected chi connectivity index (χ2v) is 11.6. The van der Waals surface area contributed by atoms with Gasteiger partial charge in [0.2, 0.25) is 5.91 Å². The van der Waals surface area contributed by atoms with E-state index in [4.69, 9.17) is 9.47 Å². The molecule has 0 bridgehead atoms. The molecule has 0 spiro atoms. The lowest BCUT2D eigenvalue weighted by Crippen LogP contribution is -2.42. The minimum Gasteiger partial charge on any atom is -0.493 e. The Labute approximate surface area is 269 Å². The zero-order chi connectivity index (χ0) is 32.6. The summed E-state index contributed by atoms with van der Waals surface area (Å²) in [5, 5.41) is 12.0. The lowest BCUT2D eigenvalue weighted by atomic mass is 9.91. The van der Waals surface area contributed by atoms with Crippen molar-refractivity contribution in [1.82, 2.24) is 14.9 Å². The molecular formula is C36H40N4O6. The molecule has 2 heterocycles. The number of hydrogen-bond donors (Lipinski definition) is 2. The van der Waals surface area contributed by atoms with E-state index in [-0.39, 0.29) is 18.9 Å². The van der Waals surface area contributed by atoms with Crippen LogP contribution in [0.5, 0.6) is 5.75 Å². The highest BCUT2D eigenvalue weighted by atomic mass is 16.5. The van der Waals surface area contributed by atoms with E-state index < -0.39 is 18.1 Å². The van der Waals surface area contributed by atoms with Gasteiger partial charge in [-0.2, -0.15) is 0 Å². The average molecular weight is 625 g/mol. The number of aromatic nitrogens is 2. The molecule has 46 heavy (non-hydrogen) atoms. The van der Waals surface area contributed by atoms with E-state index in [1.165, 1.54) is 5.56 Å². The minimum absolute atomic E-state index is 0.0263. The highest BCUT2D eigenvalue weighted by molar-refractivity contribution is 5.96. The third-order valence-electron chi connectivity index (χ3n) is 8.43. The molecule has 1 aliphatic heterocycles. The van der Waals surface area contributed by atoms with E-state index in [9.17, 15) is 19.5 Å². The number of carbonyl (C=O) groups is 3. The van der Waals surface area contributed by atoms with Crippen LogP contribution in [0.3, 0.4) is 0 Å². The molecule has 0 radical (unpaired) electrons. The van der Waals surface area contributed by atoms with Crippen molar-refractivity contribution in [1.29, 1.82) is 0 Å². The molecule has 0 saturated carbocycles. The van der Waals surface area contributed by atoms with Crippen LogP contribution in [0.4, 0.5) is 10.5 Å². The number of rotatable bonds is 12. The van der Waals surface area contributed by atoms with E-state index in [1.54, 1.807) is 24.1 Å². The number of benzene rings is 3. The van der Waals surface area contributed by atoms with Crippen molar-refractivity contribution in [2.45, 2.75) is 58.6 Å². The van der Waals surface area contributed by atoms with Gasteiger partial charge in [0, 0.05) is 44.0 Å². The van der Waals surface area contributed by atoms with Gasteiger partial charge >= 0.3 is 12.1 Å². The fraction of sp³-hybridized carbons (Fsp3) is 0.333. The lowest BCUT2D eigenvalue weighted by Gasteiger charge is -2.31. The van der Waals surface area contributed by atoms with Gasteiger partial charge in [0.15, 0.2) is 0 Å². The molecule has 2 amide bonds. The van der Waals surface area contributed by atoms with E-state index >= 15 is 0 Å². The zero-order valence-electron chi connectivity index (χ0n) is 26.5. The van der Waals surface area contributed by atoms with E-state index in [0.717, 1.165) is 52.1 Å². The van der Waals surface area contributed by atoms with Crippen LogP contribution in [0.1, 0.15) is 47.2 Å². The standard InChI is InChI=1S/C36H40N4O6/c1-24-9-4-15-33(25(24)2)45-18-8-16-34(41)40-17-7-13-30-29(12-6-14-32(30)40)27-11-5-10-26(19-27)22-46-36(44)38-31(35(42)43)20-28-21-37-23-39(28)3/h4-6,9-12,14-15,19,21,23,31H,7-8,13,16-18,20,22H2,1-3H3,(H,38,44)(H,42,43). The molecule has 0 fully saturated rings. The summed E-state index contributed by atoms with van der Waals surface area (Å²) in [4.78, 5) is 43.5. The van der Waals surface area contributed by atoms with Crippen molar-refractivity contribution < 1.29 is 29.0 Å². The van der Waals surface area contributed by atoms with Crippen molar-refractivity contribution in [2.24, 2.45) is 7.05 Å². The summed E-state index contributed by atoms with van der Waals surface area (Å²) in [6.45, 7) is 5.23. The van der Waals surface area contributed by atoms with E-state index in [1.807, 2.05) is 66.4 Å². The van der Waals surface area contributed by atoms with Crippen LogP contribution >= 0.6 is 0 Å². The number of carbonyl (C=O) groups excluding carboxylic acids is 2. The van der Waals surface area contributed by atoms with Crippen LogP contribution < -0.4 is 15.0 Å². The summed E-state index contributed by atoms with van der Waals surface area (Å²) in [6.07, 6.45) is 5.14. The Hall–Kier alpha value is -5.12. The van der Waals surface area contributed by atoms with Gasteiger partial charge in [0.05, 0.1) is 12.9 Å². The molecule has 10 heteroatoms. The first-order valence-electron chi connectivity index (χ1n) is 15.5. The molecule has 5 rings (SSSR count). The summed E-state index contributed by atoms with van der Waals surface area (Å²) in [5.74, 6) is -0.218. The summed E-state index contributed by atoms with van der Waals surface area (Å²) in [7, 11) is 1.76. The number of hydrogen-bond acceptors (Lipinski definition) is 6. The fourth-order valence-corrected chi connectivity index (χ4v) is 5.73. The van der Waals surface area contributed by atoms with Crippen LogP contribution in [0, 0.1) is 13.8 Å². The van der Waals surface area contributed by atoms with Gasteiger partial charge in [0.25, 0.3) is 0 Å². The summed E-state index contributed by atoms with van der Waals surface area (Å²) in [6, 6.07) is 18.6. The van der Waals surface area contributed by atoms with Gasteiger partial charge < -0.3 is 29.4 Å². The number of carboxylic acids is 1. The van der Waals surface area contributed by atoms with Gasteiger partial charge in [-0.25, -0.2) is 14.6 Å². The number of anilines is 1. The highest BCUT2D eigenvalue weighted by Gasteiger charge is 2.25. The molecule has 1 aromatic heterocycles. The molecule has 10 nitrogen and oxygen atoms in total. The molecule has 240 valence electrons. The lowest BCUT2D eigenvalue weighted by molar-refractivity contribution is -0.139. The molecule has 0 saturated heterocycles. The highest BCUT2D eigenvalue weighted by Crippen LogP contribution is 2.36. The van der Waals surface area contributed by atoms with Crippen LogP contribution in [-0.2, 0) is 40.8 Å². The maximum atomic E-state index is 13.3. The molecule has 1 aliphatic rings. The van der Waals surface area contributed by atoms with Crippen molar-refractivity contribution >= 4 is 23.7 Å². The molecular weight excluding hydrogens is 584 g/mol. The largest absolute Gasteiger partial charge is 0.493 e. The maximum Gasteiger partial charge on any atom is 0.408 e. The van der Waals surface area contributed by atoms with Crippen LogP contribution in [0.25, 0.3) is 11.1 Å². The SMILES string of the molecule is Cc1cccc(OCCCC(=O)N2CCCc3c(-c4cccc(COC(=O)NC(Cc5cncn5C)C(=O)O)c4)cccc32)c1C. The van der Waals surface area contributed by atoms with Gasteiger partial charge in [-0.1, -0.05) is 42.5 Å². The molecule has 2 N–H and O–H groups in total. The first kappa shape index (κ1) is 32.3. The number of amides is 2. The Morgan fingerprint density at radius 1 is 1.07 bits per heavy atom. The second kappa shape index (κ2) is 14.8. The third kappa shape index (κ3) is 7.74. The van der Waals surface area contributed by atoms with Gasteiger partial charge in [-0.15, -0.1) is 0 Å². The van der Waals surface area contributed by atoms with Crippen LogP contribution in [-0.4, -0.2) is 51.8 Å². The quantitative estimate of drug-likeness (QED) is 0.192. The first-order chi connectivity index (χ1) is 22.2. The van der Waals surface area contributed by atoms with Crippen molar-refractivity contribution in [3.8, 4) is 16.9 Å². The minimum atomic E-state index is -1.16.